The van der Waals surface area contributed by atoms with Crippen LogP contribution in [0.2, 0.25) is 0 Å². The molecule has 0 heterocycles. The average molecular weight is 228 g/mol. The smallest absolute Gasteiger partial charge is 0.409 e. The lowest BCUT2D eigenvalue weighted by atomic mass is 10.2. The maximum atomic E-state index is 12.2. The van der Waals surface area contributed by atoms with E-state index in [0.717, 1.165) is 0 Å². The summed E-state index contributed by atoms with van der Waals surface area (Å²) in [6.45, 7) is 3.94. The molecule has 0 aromatic carbocycles. The second-order valence-electron chi connectivity index (χ2n) is 3.98. The Bertz CT molecular complexity index is 223. The van der Waals surface area contributed by atoms with Gasteiger partial charge in [-0.25, -0.2) is 4.79 Å². The molecule has 0 aliphatic heterocycles. The predicted molar refractivity (Wildman–Crippen MR) is 48.3 cm³/mol. The Morgan fingerprint density at radius 3 is 2.13 bits per heavy atom. The number of nitrogens with two attached hydrogens (primary N) is 1. The molecule has 0 rings (SSSR count). The molecule has 90 valence electrons. The fourth-order valence-corrected chi connectivity index (χ4v) is 0.724. The summed E-state index contributed by atoms with van der Waals surface area (Å²) in [5.74, 6) is 0. The number of nitrogens with one attached hydrogen (secondary N) is 1. The lowest BCUT2D eigenvalue weighted by molar-refractivity contribution is -0.152. The van der Waals surface area contributed by atoms with Crippen molar-refractivity contribution >= 4 is 6.09 Å². The molecule has 0 unspecified atom stereocenters. The molecule has 7 heteroatoms. The maximum absolute atomic E-state index is 12.2. The minimum absolute atomic E-state index is 0.720. The molecular formula is C8H15F3N2O2. The lowest BCUT2D eigenvalue weighted by Gasteiger charge is -2.24. The summed E-state index contributed by atoms with van der Waals surface area (Å²) in [7, 11) is 0. The van der Waals surface area contributed by atoms with Gasteiger partial charge in [-0.15, -0.1) is 0 Å². The molecule has 0 saturated carbocycles. The summed E-state index contributed by atoms with van der Waals surface area (Å²) in [6.07, 6.45) is -5.69. The zero-order chi connectivity index (χ0) is 12.3. The van der Waals surface area contributed by atoms with Crippen LogP contribution in [0.3, 0.4) is 0 Å². The molecule has 0 aromatic heterocycles. The Morgan fingerprint density at radius 2 is 1.87 bits per heavy atom. The van der Waals surface area contributed by atoms with Crippen molar-refractivity contribution < 1.29 is 22.7 Å². The molecule has 0 saturated heterocycles. The summed E-state index contributed by atoms with van der Waals surface area (Å²) >= 11 is 0. The quantitative estimate of drug-likeness (QED) is 0.750. The molecule has 0 spiro atoms. The molecule has 3 N–H and O–H groups in total. The zero-order valence-corrected chi connectivity index (χ0v) is 8.81. The van der Waals surface area contributed by atoms with Gasteiger partial charge in [0.15, 0.2) is 0 Å². The van der Waals surface area contributed by atoms with Gasteiger partial charge >= 0.3 is 12.3 Å². The van der Waals surface area contributed by atoms with Crippen molar-refractivity contribution in [3.63, 3.8) is 0 Å². The van der Waals surface area contributed by atoms with Crippen LogP contribution in [-0.2, 0) is 4.74 Å². The highest BCUT2D eigenvalue weighted by molar-refractivity contribution is 5.68. The minimum atomic E-state index is -4.56. The van der Waals surface area contributed by atoms with Crippen LogP contribution in [0.15, 0.2) is 0 Å². The van der Waals surface area contributed by atoms with Crippen molar-refractivity contribution in [2.24, 2.45) is 5.73 Å². The highest BCUT2D eigenvalue weighted by Crippen LogP contribution is 2.19. The number of carbonyl (C=O) groups excluding carboxylic acids is 1. The Labute approximate surface area is 86.0 Å². The highest BCUT2D eigenvalue weighted by atomic mass is 19.4. The number of hydrogen-bond donors (Lipinski definition) is 2. The highest BCUT2D eigenvalue weighted by Gasteiger charge is 2.40. The monoisotopic (exact) mass is 228 g/mol. The lowest BCUT2D eigenvalue weighted by Crippen LogP contribution is -2.51. The Morgan fingerprint density at radius 1 is 1.40 bits per heavy atom. The van der Waals surface area contributed by atoms with Gasteiger partial charge in [0.25, 0.3) is 0 Å². The predicted octanol–water partition coefficient (Wildman–Crippen LogP) is 1.40. The van der Waals surface area contributed by atoms with Crippen LogP contribution in [0.4, 0.5) is 18.0 Å². The molecule has 0 aromatic rings. The van der Waals surface area contributed by atoms with Crippen LogP contribution in [0.1, 0.15) is 20.8 Å². The molecule has 0 aliphatic rings. The standard InChI is InChI=1S/C8H15F3N2O2/c1-7(2,3)15-6(14)13-5(4-12)8(9,10)11/h5H,4,12H2,1-3H3,(H,13,14)/t5-/m0/s1. The van der Waals surface area contributed by atoms with E-state index in [1.807, 2.05) is 0 Å². The fraction of sp³-hybridized carbons (Fsp3) is 0.875. The van der Waals surface area contributed by atoms with Crippen LogP contribution in [0, 0.1) is 0 Å². The van der Waals surface area contributed by atoms with Crippen molar-refractivity contribution in [1.29, 1.82) is 0 Å². The number of ether oxygens (including phenoxy) is 1. The largest absolute Gasteiger partial charge is 0.444 e. The Balaban J connectivity index is 4.27. The fourth-order valence-electron chi connectivity index (χ4n) is 0.724. The molecule has 4 nitrogen and oxygen atoms in total. The molecule has 0 bridgehead atoms. The van der Waals surface area contributed by atoms with Crippen LogP contribution >= 0.6 is 0 Å². The summed E-state index contributed by atoms with van der Waals surface area (Å²) in [4.78, 5) is 11.0. The van der Waals surface area contributed by atoms with Crippen molar-refractivity contribution in [2.45, 2.75) is 38.6 Å². The zero-order valence-electron chi connectivity index (χ0n) is 8.81. The van der Waals surface area contributed by atoms with Gasteiger partial charge in [-0.05, 0) is 20.8 Å². The van der Waals surface area contributed by atoms with E-state index in [4.69, 9.17) is 5.73 Å². The molecule has 0 aliphatic carbocycles. The van der Waals surface area contributed by atoms with Gasteiger partial charge in [-0.1, -0.05) is 0 Å². The summed E-state index contributed by atoms with van der Waals surface area (Å²) in [6, 6.07) is -2.08. The first-order valence-electron chi connectivity index (χ1n) is 4.32. The molecule has 1 atom stereocenters. The Hall–Kier alpha value is -0.980. The van der Waals surface area contributed by atoms with E-state index in [9.17, 15) is 18.0 Å². The first-order valence-corrected chi connectivity index (χ1v) is 4.32. The van der Waals surface area contributed by atoms with Gasteiger partial charge in [0.1, 0.15) is 11.6 Å². The first-order chi connectivity index (χ1) is 6.56. The molecule has 0 fully saturated rings. The van der Waals surface area contributed by atoms with E-state index in [1.54, 1.807) is 26.1 Å². The van der Waals surface area contributed by atoms with Crippen molar-refractivity contribution in [2.75, 3.05) is 6.54 Å². The van der Waals surface area contributed by atoms with Gasteiger partial charge in [-0.3, -0.25) is 0 Å². The summed E-state index contributed by atoms with van der Waals surface area (Å²) < 4.78 is 41.1. The number of alkyl carbamates (subject to hydrolysis) is 1. The Kier molecular flexibility index (Phi) is 4.39. The second-order valence-corrected chi connectivity index (χ2v) is 3.98. The third-order valence-corrected chi connectivity index (χ3v) is 1.32. The van der Waals surface area contributed by atoms with Gasteiger partial charge in [0.05, 0.1) is 0 Å². The molecular weight excluding hydrogens is 213 g/mol. The SMILES string of the molecule is CC(C)(C)OC(=O)N[C@@H](CN)C(F)(F)F. The molecule has 1 amide bonds. The third-order valence-electron chi connectivity index (χ3n) is 1.32. The first kappa shape index (κ1) is 14.0. The van der Waals surface area contributed by atoms with E-state index < -0.39 is 30.5 Å². The van der Waals surface area contributed by atoms with E-state index in [-0.39, 0.29) is 0 Å². The number of amides is 1. The van der Waals surface area contributed by atoms with E-state index in [1.165, 1.54) is 0 Å². The number of carbonyl (C=O) groups is 1. The normalized spacial score (nSPS) is 14.6. The van der Waals surface area contributed by atoms with Crippen molar-refractivity contribution in [3.8, 4) is 0 Å². The number of alkyl halides is 3. The van der Waals surface area contributed by atoms with Gasteiger partial charge in [0.2, 0.25) is 0 Å². The summed E-state index contributed by atoms with van der Waals surface area (Å²) in [5.41, 5.74) is 4.04. The van der Waals surface area contributed by atoms with Crippen molar-refractivity contribution in [3.05, 3.63) is 0 Å². The van der Waals surface area contributed by atoms with Crippen LogP contribution < -0.4 is 11.1 Å². The number of halogens is 3. The van der Waals surface area contributed by atoms with Crippen LogP contribution in [-0.4, -0.2) is 30.5 Å². The molecule has 0 radical (unpaired) electrons. The minimum Gasteiger partial charge on any atom is -0.444 e. The second kappa shape index (κ2) is 4.69. The molecule has 15 heavy (non-hydrogen) atoms. The van der Waals surface area contributed by atoms with Gasteiger partial charge in [0, 0.05) is 6.54 Å². The van der Waals surface area contributed by atoms with E-state index >= 15 is 0 Å². The third kappa shape index (κ3) is 6.16. The van der Waals surface area contributed by atoms with Crippen LogP contribution in [0.5, 0.6) is 0 Å². The van der Waals surface area contributed by atoms with Crippen molar-refractivity contribution in [1.82, 2.24) is 5.32 Å². The van der Waals surface area contributed by atoms with E-state index in [0.29, 0.717) is 0 Å². The topological polar surface area (TPSA) is 64.3 Å². The van der Waals surface area contributed by atoms with Gasteiger partial charge in [-0.2, -0.15) is 13.2 Å². The average Bonchev–Trinajstić information content (AvgIpc) is 1.94. The number of rotatable bonds is 2. The van der Waals surface area contributed by atoms with E-state index in [2.05, 4.69) is 4.74 Å². The maximum Gasteiger partial charge on any atom is 0.409 e. The summed E-state index contributed by atoms with van der Waals surface area (Å²) in [5, 5.41) is 1.65. The van der Waals surface area contributed by atoms with Crippen LogP contribution in [0.25, 0.3) is 0 Å². The van der Waals surface area contributed by atoms with Gasteiger partial charge < -0.3 is 15.8 Å². The number of hydrogen-bond acceptors (Lipinski definition) is 3.